The molecule has 7 heteroatoms. The number of piperazine rings is 1. The molecular formula is C27H31N3O4. The van der Waals surface area contributed by atoms with Crippen molar-refractivity contribution < 1.29 is 18.8 Å². The summed E-state index contributed by atoms with van der Waals surface area (Å²) < 4.78 is 11.0. The van der Waals surface area contributed by atoms with E-state index in [1.54, 1.807) is 24.3 Å². The van der Waals surface area contributed by atoms with Crippen LogP contribution in [0.3, 0.4) is 0 Å². The number of aryl methyl sites for hydroxylation is 3. The largest absolute Gasteiger partial charge is 0.489 e. The minimum absolute atomic E-state index is 0.0200. The van der Waals surface area contributed by atoms with Crippen molar-refractivity contribution in [2.75, 3.05) is 26.2 Å². The van der Waals surface area contributed by atoms with E-state index < -0.39 is 0 Å². The van der Waals surface area contributed by atoms with Gasteiger partial charge in [-0.3, -0.25) is 9.59 Å². The van der Waals surface area contributed by atoms with Crippen LogP contribution in [0.5, 0.6) is 5.75 Å². The van der Waals surface area contributed by atoms with Gasteiger partial charge < -0.3 is 19.1 Å². The molecule has 3 aromatic rings. The summed E-state index contributed by atoms with van der Waals surface area (Å²) in [6, 6.07) is 17.4. The van der Waals surface area contributed by atoms with Crippen molar-refractivity contribution in [2.24, 2.45) is 0 Å². The van der Waals surface area contributed by atoms with E-state index in [0.717, 1.165) is 29.9 Å². The normalized spacial score (nSPS) is 13.7. The summed E-state index contributed by atoms with van der Waals surface area (Å²) in [6.45, 7) is 6.37. The summed E-state index contributed by atoms with van der Waals surface area (Å²) >= 11 is 0. The van der Waals surface area contributed by atoms with Crippen molar-refractivity contribution >= 4 is 11.8 Å². The molecule has 2 aromatic carbocycles. The maximum atomic E-state index is 12.9. The van der Waals surface area contributed by atoms with Crippen molar-refractivity contribution in [1.29, 1.82) is 0 Å². The zero-order valence-corrected chi connectivity index (χ0v) is 19.8. The van der Waals surface area contributed by atoms with Crippen LogP contribution in [0.25, 0.3) is 0 Å². The van der Waals surface area contributed by atoms with E-state index in [1.807, 2.05) is 41.8 Å². The number of carbonyl (C=O) groups excluding carboxylic acids is 2. The third kappa shape index (κ3) is 5.84. The number of carbonyl (C=O) groups is 2. The molecule has 34 heavy (non-hydrogen) atoms. The lowest BCUT2D eigenvalue weighted by Gasteiger charge is -2.35. The van der Waals surface area contributed by atoms with E-state index in [1.165, 1.54) is 5.56 Å². The standard InChI is InChI=1S/C27H31N3O4/c1-20-25(21(2)34-28-20)19-33-24-13-11-23(12-14-24)27(32)30-17-15-29(16-18-30)26(31)10-6-9-22-7-4-3-5-8-22/h3-5,7-8,11-14H,6,9-10,15-19H2,1-2H3. The molecule has 0 N–H and O–H groups in total. The first-order chi connectivity index (χ1) is 16.5. The van der Waals surface area contributed by atoms with Crippen LogP contribution in [0.4, 0.5) is 0 Å². The Labute approximate surface area is 200 Å². The number of benzene rings is 2. The third-order valence-electron chi connectivity index (χ3n) is 6.28. The van der Waals surface area contributed by atoms with Crippen molar-refractivity contribution in [1.82, 2.24) is 15.0 Å². The maximum Gasteiger partial charge on any atom is 0.253 e. The second kappa shape index (κ2) is 11.0. The Balaban J connectivity index is 1.21. The molecular weight excluding hydrogens is 430 g/mol. The van der Waals surface area contributed by atoms with E-state index in [-0.39, 0.29) is 11.8 Å². The fourth-order valence-electron chi connectivity index (χ4n) is 4.15. The lowest BCUT2D eigenvalue weighted by Crippen LogP contribution is -2.50. The van der Waals surface area contributed by atoms with E-state index in [0.29, 0.717) is 50.5 Å². The summed E-state index contributed by atoms with van der Waals surface area (Å²) in [5.41, 5.74) is 3.63. The van der Waals surface area contributed by atoms with Gasteiger partial charge in [-0.15, -0.1) is 0 Å². The van der Waals surface area contributed by atoms with Crippen molar-refractivity contribution in [3.05, 3.63) is 82.7 Å². The lowest BCUT2D eigenvalue weighted by atomic mass is 10.1. The van der Waals surface area contributed by atoms with Crippen LogP contribution < -0.4 is 4.74 Å². The van der Waals surface area contributed by atoms with Crippen LogP contribution in [0, 0.1) is 13.8 Å². The number of ether oxygens (including phenoxy) is 1. The van der Waals surface area contributed by atoms with E-state index in [4.69, 9.17) is 9.26 Å². The summed E-state index contributed by atoms with van der Waals surface area (Å²) in [5, 5.41) is 3.93. The molecule has 1 fully saturated rings. The Morgan fingerprint density at radius 1 is 0.941 bits per heavy atom. The average Bonchev–Trinajstić information content (AvgIpc) is 3.20. The fourth-order valence-corrected chi connectivity index (χ4v) is 4.15. The molecule has 7 nitrogen and oxygen atoms in total. The third-order valence-corrected chi connectivity index (χ3v) is 6.28. The Hall–Kier alpha value is -3.61. The van der Waals surface area contributed by atoms with Crippen LogP contribution >= 0.6 is 0 Å². The Morgan fingerprint density at radius 3 is 2.26 bits per heavy atom. The average molecular weight is 462 g/mol. The maximum absolute atomic E-state index is 12.9. The zero-order chi connectivity index (χ0) is 23.9. The fraction of sp³-hybridized carbons (Fsp3) is 0.370. The van der Waals surface area contributed by atoms with E-state index >= 15 is 0 Å². The number of nitrogens with zero attached hydrogens (tertiary/aromatic N) is 3. The minimum atomic E-state index is -0.0200. The molecule has 0 spiro atoms. The van der Waals surface area contributed by atoms with Gasteiger partial charge in [0.05, 0.1) is 11.3 Å². The number of amides is 2. The van der Waals surface area contributed by atoms with Gasteiger partial charge in [-0.05, 0) is 56.5 Å². The van der Waals surface area contributed by atoms with Gasteiger partial charge in [-0.2, -0.15) is 0 Å². The first-order valence-corrected chi connectivity index (χ1v) is 11.8. The number of hydrogen-bond donors (Lipinski definition) is 0. The molecule has 4 rings (SSSR count). The number of hydrogen-bond acceptors (Lipinski definition) is 5. The van der Waals surface area contributed by atoms with Crippen molar-refractivity contribution in [3.8, 4) is 5.75 Å². The molecule has 0 atom stereocenters. The van der Waals surface area contributed by atoms with Crippen molar-refractivity contribution in [3.63, 3.8) is 0 Å². The second-order valence-corrected chi connectivity index (χ2v) is 8.63. The molecule has 178 valence electrons. The smallest absolute Gasteiger partial charge is 0.253 e. The monoisotopic (exact) mass is 461 g/mol. The minimum Gasteiger partial charge on any atom is -0.489 e. The molecule has 0 radical (unpaired) electrons. The van der Waals surface area contributed by atoms with Gasteiger partial charge in [-0.1, -0.05) is 35.5 Å². The molecule has 2 amide bonds. The molecule has 0 unspecified atom stereocenters. The van der Waals surface area contributed by atoms with Crippen molar-refractivity contribution in [2.45, 2.75) is 39.7 Å². The highest BCUT2D eigenvalue weighted by atomic mass is 16.5. The van der Waals surface area contributed by atoms with Gasteiger partial charge in [0.25, 0.3) is 5.91 Å². The first-order valence-electron chi connectivity index (χ1n) is 11.8. The quantitative estimate of drug-likeness (QED) is 0.503. The molecule has 0 aliphatic carbocycles. The molecule has 0 bridgehead atoms. The summed E-state index contributed by atoms with van der Waals surface area (Å²) in [7, 11) is 0. The van der Waals surface area contributed by atoms with Gasteiger partial charge in [0, 0.05) is 38.2 Å². The Kier molecular flexibility index (Phi) is 7.62. The predicted octanol–water partition coefficient (Wildman–Crippen LogP) is 4.18. The molecule has 1 aromatic heterocycles. The van der Waals surface area contributed by atoms with E-state index in [9.17, 15) is 9.59 Å². The van der Waals surface area contributed by atoms with Crippen LogP contribution in [-0.2, 0) is 17.8 Å². The van der Waals surface area contributed by atoms with Gasteiger partial charge in [0.15, 0.2) is 0 Å². The van der Waals surface area contributed by atoms with Crippen LogP contribution in [0.2, 0.25) is 0 Å². The van der Waals surface area contributed by atoms with Gasteiger partial charge in [0.1, 0.15) is 18.1 Å². The summed E-state index contributed by atoms with van der Waals surface area (Å²) in [4.78, 5) is 29.2. The Morgan fingerprint density at radius 2 is 1.62 bits per heavy atom. The van der Waals surface area contributed by atoms with Crippen LogP contribution in [0.15, 0.2) is 59.1 Å². The summed E-state index contributed by atoms with van der Waals surface area (Å²) in [6.07, 6.45) is 2.29. The predicted molar refractivity (Wildman–Crippen MR) is 129 cm³/mol. The van der Waals surface area contributed by atoms with Gasteiger partial charge >= 0.3 is 0 Å². The molecule has 0 saturated carbocycles. The zero-order valence-electron chi connectivity index (χ0n) is 19.8. The molecule has 1 saturated heterocycles. The van der Waals surface area contributed by atoms with Crippen LogP contribution in [-0.4, -0.2) is 52.9 Å². The number of aromatic nitrogens is 1. The number of rotatable bonds is 8. The Bertz CT molecular complexity index is 1080. The molecule has 2 heterocycles. The lowest BCUT2D eigenvalue weighted by molar-refractivity contribution is -0.132. The molecule has 1 aliphatic heterocycles. The van der Waals surface area contributed by atoms with Gasteiger partial charge in [0.2, 0.25) is 5.91 Å². The highest BCUT2D eigenvalue weighted by molar-refractivity contribution is 5.94. The highest BCUT2D eigenvalue weighted by Gasteiger charge is 2.24. The first kappa shape index (κ1) is 23.5. The second-order valence-electron chi connectivity index (χ2n) is 8.63. The summed E-state index contributed by atoms with van der Waals surface area (Å²) in [5.74, 6) is 1.58. The topological polar surface area (TPSA) is 75.9 Å². The van der Waals surface area contributed by atoms with Gasteiger partial charge in [-0.25, -0.2) is 0 Å². The highest BCUT2D eigenvalue weighted by Crippen LogP contribution is 2.19. The SMILES string of the molecule is Cc1noc(C)c1COc1ccc(C(=O)N2CCN(C(=O)CCCc3ccccc3)CC2)cc1. The molecule has 1 aliphatic rings. The van der Waals surface area contributed by atoms with Crippen LogP contribution in [0.1, 0.15) is 45.8 Å². The van der Waals surface area contributed by atoms with E-state index in [2.05, 4.69) is 17.3 Å².